The summed E-state index contributed by atoms with van der Waals surface area (Å²) in [4.78, 5) is 73.1. The van der Waals surface area contributed by atoms with Crippen LogP contribution in [0.3, 0.4) is 0 Å². The fraction of sp³-hybridized carbons (Fsp3) is 0.125. The average Bonchev–Trinajstić information content (AvgIpc) is 3.66. The summed E-state index contributed by atoms with van der Waals surface area (Å²) in [6, 6.07) is 21.8. The summed E-state index contributed by atoms with van der Waals surface area (Å²) in [5, 5.41) is 82.4. The van der Waals surface area contributed by atoms with Gasteiger partial charge < -0.3 is 59.9 Å². The third kappa shape index (κ3) is 18.5. The minimum absolute atomic E-state index is 0. The van der Waals surface area contributed by atoms with Crippen LogP contribution in [-0.2, 0) is 29.1 Å². The number of aromatic nitrogens is 6. The zero-order chi connectivity index (χ0) is 58.5. The maximum atomic E-state index is 12.9. The van der Waals surface area contributed by atoms with Crippen molar-refractivity contribution in [2.45, 2.75) is 35.5 Å². The van der Waals surface area contributed by atoms with E-state index in [1.807, 2.05) is 0 Å². The maximum absolute atomic E-state index is 12.9. The number of hydrogen-bond acceptors (Lipinski definition) is 31. The molecule has 0 saturated heterocycles. The van der Waals surface area contributed by atoms with Crippen LogP contribution >= 0.6 is 12.0 Å². The SMILES string of the molecule is COc1nc(NNC(=O)CCCCC(=O)NNc2nc(Nc3cccc4cc(S(=O)(=O)[O-])c(N=Nc5ccccc5C(=O)[O-])c(O)c34)nc(OC)n2)nc(Nc2cccc3cc(SOO[O-])c(N=Nc4ccccc4C(=O)[O-])c(O)c23)n1.[Na+].[Na+].[Na+].[Na+]. The average molecular weight is 1250 g/mol. The molecule has 0 unspecified atom stereocenters. The molecule has 8 aromatic rings. The number of carboxylic acid groups (broad SMARTS) is 2. The molecule has 0 radical (unpaired) electrons. The van der Waals surface area contributed by atoms with E-state index in [9.17, 15) is 57.8 Å². The summed E-state index contributed by atoms with van der Waals surface area (Å²) in [7, 11) is -2.76. The van der Waals surface area contributed by atoms with Crippen LogP contribution in [0.4, 0.5) is 57.9 Å². The summed E-state index contributed by atoms with van der Waals surface area (Å²) < 4.78 is 52.0. The number of azo groups is 2. The molecule has 0 spiro atoms. The molecule has 0 aliphatic heterocycles. The van der Waals surface area contributed by atoms with Gasteiger partial charge in [-0.3, -0.25) is 36.3 Å². The second-order valence-corrected chi connectivity index (χ2v) is 18.5. The van der Waals surface area contributed by atoms with Crippen molar-refractivity contribution in [2.24, 2.45) is 20.5 Å². The van der Waals surface area contributed by atoms with E-state index in [2.05, 4.69) is 92.1 Å². The number of amides is 2. The van der Waals surface area contributed by atoms with Crippen molar-refractivity contribution in [3.05, 3.63) is 108 Å². The normalized spacial score (nSPS) is 10.9. The van der Waals surface area contributed by atoms with Crippen LogP contribution < -0.4 is 176 Å². The molecule has 32 nitrogen and oxygen atoms in total. The zero-order valence-corrected chi connectivity index (χ0v) is 55.6. The molecule has 0 aliphatic carbocycles. The van der Waals surface area contributed by atoms with Gasteiger partial charge >= 0.3 is 130 Å². The first kappa shape index (κ1) is 72.0. The molecule has 0 atom stereocenters. The van der Waals surface area contributed by atoms with Crippen LogP contribution in [-0.4, -0.2) is 91.1 Å². The third-order valence-electron chi connectivity index (χ3n) is 11.1. The second-order valence-electron chi connectivity index (χ2n) is 16.4. The van der Waals surface area contributed by atoms with Crippen molar-refractivity contribution in [1.82, 2.24) is 40.8 Å². The molecule has 0 fully saturated rings. The van der Waals surface area contributed by atoms with Crippen molar-refractivity contribution in [1.29, 1.82) is 0 Å². The number of carbonyl (C=O) groups excluding carboxylic acids is 4. The number of fused-ring (bicyclic) bond motifs is 2. The van der Waals surface area contributed by atoms with E-state index in [-0.39, 0.29) is 235 Å². The Hall–Kier alpha value is -6.52. The van der Waals surface area contributed by atoms with Gasteiger partial charge in [-0.1, -0.05) is 60.7 Å². The Labute approximate surface area is 578 Å². The van der Waals surface area contributed by atoms with E-state index < -0.39 is 61.5 Å². The number of aromatic carboxylic acids is 2. The molecule has 2 aromatic heterocycles. The largest absolute Gasteiger partial charge is 1.00 e. The summed E-state index contributed by atoms with van der Waals surface area (Å²) in [5.41, 5.74) is 8.15. The first-order valence-electron chi connectivity index (χ1n) is 23.3. The fourth-order valence-electron chi connectivity index (χ4n) is 7.49. The Balaban J connectivity index is 0.00000396. The molecule has 2 heterocycles. The van der Waals surface area contributed by atoms with Gasteiger partial charge in [0.1, 0.15) is 21.5 Å². The molecule has 38 heteroatoms. The minimum atomic E-state index is -5.29. The molecule has 8 N–H and O–H groups in total. The van der Waals surface area contributed by atoms with E-state index in [1.165, 1.54) is 80.9 Å². The number of nitrogens with zero attached hydrogens (tertiary/aromatic N) is 10. The Morgan fingerprint density at radius 3 is 1.45 bits per heavy atom. The summed E-state index contributed by atoms with van der Waals surface area (Å²) in [6.07, 6.45) is 0.298. The number of hydrogen-bond donors (Lipinski definition) is 8. The van der Waals surface area contributed by atoms with Crippen LogP contribution in [0, 0.1) is 0 Å². The number of aromatic hydroxyl groups is 2. The van der Waals surface area contributed by atoms with Gasteiger partial charge in [0.2, 0.25) is 35.6 Å². The van der Waals surface area contributed by atoms with Gasteiger partial charge in [-0.05, 0) is 60.0 Å². The first-order valence-corrected chi connectivity index (χ1v) is 25.4. The van der Waals surface area contributed by atoms with Gasteiger partial charge in [-0.15, -0.1) is 20.5 Å². The third-order valence-corrected chi connectivity index (χ3v) is 12.6. The minimum Gasteiger partial charge on any atom is -0.744 e. The molecule has 0 bridgehead atoms. The van der Waals surface area contributed by atoms with Crippen molar-refractivity contribution < 1.29 is 195 Å². The number of hydrazine groups is 2. The quantitative estimate of drug-likeness (QED) is 0.00501. The Bertz CT molecular complexity index is 3980. The van der Waals surface area contributed by atoms with Gasteiger partial charge in [-0.2, -0.15) is 34.2 Å². The molecule has 8 rings (SSSR count). The second kappa shape index (κ2) is 33.6. The first-order chi connectivity index (χ1) is 39.4. The summed E-state index contributed by atoms with van der Waals surface area (Å²) >= 11 is 0.404. The van der Waals surface area contributed by atoms with Gasteiger partial charge in [0.05, 0.1) is 70.7 Å². The van der Waals surface area contributed by atoms with Crippen molar-refractivity contribution >= 4 is 125 Å². The number of carboxylic acids is 2. The number of benzene rings is 6. The molecule has 0 aliphatic rings. The van der Waals surface area contributed by atoms with Gasteiger partial charge in [0.15, 0.2) is 11.5 Å². The number of ether oxygens (including phenoxy) is 2. The van der Waals surface area contributed by atoms with Gasteiger partial charge in [0, 0.05) is 34.7 Å². The number of anilines is 6. The molecule has 86 heavy (non-hydrogen) atoms. The molecule has 0 saturated carbocycles. The van der Waals surface area contributed by atoms with Crippen LogP contribution in [0.1, 0.15) is 46.4 Å². The number of rotatable bonds is 25. The van der Waals surface area contributed by atoms with Crippen LogP contribution in [0.15, 0.2) is 127 Å². The zero-order valence-electron chi connectivity index (χ0n) is 46.0. The number of unbranched alkanes of at least 4 members (excludes halogenated alkanes) is 1. The molecule has 6 aromatic carbocycles. The Kier molecular flexibility index (Phi) is 28.1. The van der Waals surface area contributed by atoms with E-state index in [4.69, 9.17) is 9.47 Å². The number of nitrogens with one attached hydrogen (secondary N) is 6. The molecular weight excluding hydrogens is 1210 g/mol. The van der Waals surface area contributed by atoms with Gasteiger partial charge in [-0.25, -0.2) is 8.42 Å². The summed E-state index contributed by atoms with van der Waals surface area (Å²) in [5.74, 6) is -6.31. The fourth-order valence-corrected chi connectivity index (χ4v) is 8.63. The predicted octanol–water partition coefficient (Wildman–Crippen LogP) is -7.87. The van der Waals surface area contributed by atoms with E-state index in [0.717, 1.165) is 12.1 Å². The Morgan fingerprint density at radius 2 is 1.01 bits per heavy atom. The van der Waals surface area contributed by atoms with E-state index in [0.29, 0.717) is 17.4 Å². The van der Waals surface area contributed by atoms with Gasteiger partial charge in [0.25, 0.3) is 0 Å². The van der Waals surface area contributed by atoms with E-state index >= 15 is 0 Å². The molecular formula is C48H38N16Na4O16S2. The number of methoxy groups -OCH3 is 2. The van der Waals surface area contributed by atoms with Crippen molar-refractivity contribution in [2.75, 3.05) is 35.7 Å². The van der Waals surface area contributed by atoms with Crippen molar-refractivity contribution in [3.8, 4) is 23.5 Å². The number of carbonyl (C=O) groups is 4. The predicted molar refractivity (Wildman–Crippen MR) is 278 cm³/mol. The summed E-state index contributed by atoms with van der Waals surface area (Å²) in [6.45, 7) is 0. The van der Waals surface area contributed by atoms with E-state index in [1.54, 1.807) is 18.2 Å². The standard InChI is InChI=1S/C48H42N16O16S2.4Na/c1-77-47-53-43(49-29-17-9-11-23-21-31(81-80-79-73)37(39(67)35(23)29)61-57-27-15-5-3-13-25(27)41(69)70)51-45(55-47)63-59-33(65)19-7-8-20-34(66)60-64-46-52-44(54-48(56-46)78-2)50-30-18-10-12-24-22-32(82(74,75)76)38(40(68)36(24)30)62-58-28-16-6-4-14-26(28)42(71)72;;;;/h3-6,9-18,21-22,67-68,73H,7-8,19-20H2,1-2H3,(H,59,65)(H,60,66)(H,69,70)(H,71,72)(H,74,75,76)(H2,49,51,53,55,63)(H2,50,52,54,56,64);;;;/q;4*+1/p-4. The smallest absolute Gasteiger partial charge is 0.744 e. The maximum Gasteiger partial charge on any atom is 1.00 e. The molecule has 2 amide bonds. The van der Waals surface area contributed by atoms with Crippen molar-refractivity contribution in [3.63, 3.8) is 0 Å². The topological polar surface area (TPSA) is 471 Å². The number of phenolic OH excluding ortho intramolecular Hbond substituents is 2. The van der Waals surface area contributed by atoms with Crippen LogP contribution in [0.5, 0.6) is 23.5 Å². The molecule has 422 valence electrons. The van der Waals surface area contributed by atoms with Crippen LogP contribution in [0.25, 0.3) is 21.5 Å². The monoisotopic (exact) mass is 1250 g/mol. The van der Waals surface area contributed by atoms with Crippen LogP contribution in [0.2, 0.25) is 0 Å². The number of phenols is 2. The Morgan fingerprint density at radius 1 is 0.581 bits per heavy atom.